The van der Waals surface area contributed by atoms with Gasteiger partial charge in [0.2, 0.25) is 5.91 Å². The van der Waals surface area contributed by atoms with Gasteiger partial charge in [-0.05, 0) is 25.7 Å². The van der Waals surface area contributed by atoms with Crippen molar-refractivity contribution in [1.29, 1.82) is 0 Å². The highest BCUT2D eigenvalue weighted by Crippen LogP contribution is 2.27. The maximum absolute atomic E-state index is 12.2. The van der Waals surface area contributed by atoms with Crippen molar-refractivity contribution in [3.63, 3.8) is 0 Å². The van der Waals surface area contributed by atoms with Gasteiger partial charge in [0.15, 0.2) is 5.13 Å². The zero-order valence-electron chi connectivity index (χ0n) is 13.5. The lowest BCUT2D eigenvalue weighted by atomic mass is 9.89. The van der Waals surface area contributed by atoms with E-state index < -0.39 is 0 Å². The SMILES string of the molecule is Cc1nc(NC(=O)C2CCCCC2)sc1C(=O)OCC(C)C. The van der Waals surface area contributed by atoms with E-state index in [1.807, 2.05) is 13.8 Å². The average molecular weight is 324 g/mol. The third-order valence-electron chi connectivity index (χ3n) is 3.74. The molecule has 1 saturated carbocycles. The quantitative estimate of drug-likeness (QED) is 0.837. The Kier molecular flexibility index (Phi) is 5.94. The van der Waals surface area contributed by atoms with Crippen molar-refractivity contribution in [1.82, 2.24) is 4.98 Å². The molecule has 1 aliphatic rings. The smallest absolute Gasteiger partial charge is 0.350 e. The van der Waals surface area contributed by atoms with Gasteiger partial charge in [0.05, 0.1) is 12.3 Å². The summed E-state index contributed by atoms with van der Waals surface area (Å²) in [6, 6.07) is 0. The van der Waals surface area contributed by atoms with Crippen LogP contribution in [0.3, 0.4) is 0 Å². The van der Waals surface area contributed by atoms with Crippen LogP contribution in [0, 0.1) is 18.8 Å². The van der Waals surface area contributed by atoms with Gasteiger partial charge in [-0.15, -0.1) is 0 Å². The second kappa shape index (κ2) is 7.72. The maximum Gasteiger partial charge on any atom is 0.350 e. The van der Waals surface area contributed by atoms with Crippen LogP contribution in [0.5, 0.6) is 0 Å². The van der Waals surface area contributed by atoms with Gasteiger partial charge in [0, 0.05) is 5.92 Å². The second-order valence-corrected chi connectivity index (χ2v) is 7.25. The third-order valence-corrected chi connectivity index (χ3v) is 4.79. The van der Waals surface area contributed by atoms with Crippen molar-refractivity contribution in [2.75, 3.05) is 11.9 Å². The number of esters is 1. The number of hydrogen-bond acceptors (Lipinski definition) is 5. The number of thiazole rings is 1. The van der Waals surface area contributed by atoms with Gasteiger partial charge in [-0.3, -0.25) is 4.79 Å². The molecule has 1 heterocycles. The molecule has 0 bridgehead atoms. The van der Waals surface area contributed by atoms with E-state index in [1.165, 1.54) is 17.8 Å². The summed E-state index contributed by atoms with van der Waals surface area (Å²) < 4.78 is 5.22. The lowest BCUT2D eigenvalue weighted by Gasteiger charge is -2.19. The van der Waals surface area contributed by atoms with Gasteiger partial charge in [-0.2, -0.15) is 0 Å². The average Bonchev–Trinajstić information content (AvgIpc) is 2.86. The summed E-state index contributed by atoms with van der Waals surface area (Å²) in [6.07, 6.45) is 5.33. The normalized spacial score (nSPS) is 15.8. The highest BCUT2D eigenvalue weighted by Gasteiger charge is 2.23. The van der Waals surface area contributed by atoms with Gasteiger partial charge in [0.25, 0.3) is 0 Å². The molecule has 122 valence electrons. The van der Waals surface area contributed by atoms with Crippen LogP contribution in [0.2, 0.25) is 0 Å². The van der Waals surface area contributed by atoms with E-state index in [2.05, 4.69) is 10.3 Å². The number of rotatable bonds is 5. The van der Waals surface area contributed by atoms with E-state index in [4.69, 9.17) is 4.74 Å². The molecule has 6 heteroatoms. The number of aromatic nitrogens is 1. The molecule has 5 nitrogen and oxygen atoms in total. The highest BCUT2D eigenvalue weighted by molar-refractivity contribution is 7.17. The molecule has 1 aliphatic carbocycles. The van der Waals surface area contributed by atoms with Crippen LogP contribution < -0.4 is 5.32 Å². The number of nitrogens with zero attached hydrogens (tertiary/aromatic N) is 1. The monoisotopic (exact) mass is 324 g/mol. The highest BCUT2D eigenvalue weighted by atomic mass is 32.1. The molecule has 1 amide bonds. The summed E-state index contributed by atoms with van der Waals surface area (Å²) in [5.74, 6) is 0.0364. The fourth-order valence-electron chi connectivity index (χ4n) is 2.52. The van der Waals surface area contributed by atoms with E-state index in [-0.39, 0.29) is 17.8 Å². The fraction of sp³-hybridized carbons (Fsp3) is 0.688. The summed E-state index contributed by atoms with van der Waals surface area (Å²) in [7, 11) is 0. The predicted molar refractivity (Wildman–Crippen MR) is 87.2 cm³/mol. The molecule has 1 fully saturated rings. The second-order valence-electron chi connectivity index (χ2n) is 6.25. The number of anilines is 1. The Morgan fingerprint density at radius 2 is 2.00 bits per heavy atom. The molecule has 0 saturated heterocycles. The molecule has 22 heavy (non-hydrogen) atoms. The molecule has 0 unspecified atom stereocenters. The van der Waals surface area contributed by atoms with Crippen LogP contribution in [0.1, 0.15) is 61.3 Å². The summed E-state index contributed by atoms with van der Waals surface area (Å²) in [4.78, 5) is 29.0. The Hall–Kier alpha value is -1.43. The molecule has 0 spiro atoms. The van der Waals surface area contributed by atoms with E-state index in [1.54, 1.807) is 6.92 Å². The molecule has 0 atom stereocenters. The number of carbonyl (C=O) groups excluding carboxylic acids is 2. The van der Waals surface area contributed by atoms with E-state index in [0.29, 0.717) is 28.2 Å². The van der Waals surface area contributed by atoms with E-state index >= 15 is 0 Å². The Bertz CT molecular complexity index is 533. The first-order valence-electron chi connectivity index (χ1n) is 7.92. The van der Waals surface area contributed by atoms with Gasteiger partial charge in [0.1, 0.15) is 4.88 Å². The number of carbonyl (C=O) groups is 2. The first-order chi connectivity index (χ1) is 10.5. The standard InChI is InChI=1S/C16H24N2O3S/c1-10(2)9-21-15(20)13-11(3)17-16(22-13)18-14(19)12-7-5-4-6-8-12/h10,12H,4-9H2,1-3H3,(H,17,18,19). The summed E-state index contributed by atoms with van der Waals surface area (Å²) in [5, 5.41) is 3.34. The predicted octanol–water partition coefficient (Wildman–Crippen LogP) is 3.78. The van der Waals surface area contributed by atoms with Gasteiger partial charge < -0.3 is 10.1 Å². The Morgan fingerprint density at radius 3 is 2.64 bits per heavy atom. The molecule has 1 aromatic rings. The van der Waals surface area contributed by atoms with Gasteiger partial charge in [-0.1, -0.05) is 44.4 Å². The molecule has 0 aliphatic heterocycles. The summed E-state index contributed by atoms with van der Waals surface area (Å²) >= 11 is 1.19. The van der Waals surface area contributed by atoms with Crippen LogP contribution in [0.15, 0.2) is 0 Å². The lowest BCUT2D eigenvalue weighted by Crippen LogP contribution is -2.24. The number of nitrogens with one attached hydrogen (secondary N) is 1. The van der Waals surface area contributed by atoms with Crippen molar-refractivity contribution in [2.24, 2.45) is 11.8 Å². The first-order valence-corrected chi connectivity index (χ1v) is 8.74. The van der Waals surface area contributed by atoms with Crippen molar-refractivity contribution in [3.8, 4) is 0 Å². The third kappa shape index (κ3) is 4.53. The van der Waals surface area contributed by atoms with Crippen molar-refractivity contribution < 1.29 is 14.3 Å². The molecule has 2 rings (SSSR count). The molecule has 0 radical (unpaired) electrons. The zero-order valence-corrected chi connectivity index (χ0v) is 14.3. The number of amides is 1. The van der Waals surface area contributed by atoms with Crippen LogP contribution >= 0.6 is 11.3 Å². The largest absolute Gasteiger partial charge is 0.461 e. The van der Waals surface area contributed by atoms with Crippen LogP contribution in [0.4, 0.5) is 5.13 Å². The number of hydrogen-bond donors (Lipinski definition) is 1. The topological polar surface area (TPSA) is 68.3 Å². The van der Waals surface area contributed by atoms with Crippen molar-refractivity contribution in [3.05, 3.63) is 10.6 Å². The minimum absolute atomic E-state index is 0.0237. The number of aryl methyl sites for hydroxylation is 1. The zero-order chi connectivity index (χ0) is 16.1. The maximum atomic E-state index is 12.2. The fourth-order valence-corrected chi connectivity index (χ4v) is 3.38. The lowest BCUT2D eigenvalue weighted by molar-refractivity contribution is -0.120. The Balaban J connectivity index is 1.96. The molecule has 1 N–H and O–H groups in total. The molecule has 0 aromatic carbocycles. The van der Waals surface area contributed by atoms with Gasteiger partial charge in [-0.25, -0.2) is 9.78 Å². The van der Waals surface area contributed by atoms with Crippen LogP contribution in [-0.2, 0) is 9.53 Å². The minimum atomic E-state index is -0.359. The summed E-state index contributed by atoms with van der Waals surface area (Å²) in [5.41, 5.74) is 0.609. The number of ether oxygens (including phenoxy) is 1. The molecular formula is C16H24N2O3S. The minimum Gasteiger partial charge on any atom is -0.461 e. The van der Waals surface area contributed by atoms with Gasteiger partial charge >= 0.3 is 5.97 Å². The van der Waals surface area contributed by atoms with Crippen LogP contribution in [0.25, 0.3) is 0 Å². The Morgan fingerprint density at radius 1 is 1.32 bits per heavy atom. The van der Waals surface area contributed by atoms with Crippen molar-refractivity contribution >= 4 is 28.3 Å². The Labute approximate surface area is 135 Å². The molecular weight excluding hydrogens is 300 g/mol. The molecule has 1 aromatic heterocycles. The first kappa shape index (κ1) is 16.9. The van der Waals surface area contributed by atoms with E-state index in [9.17, 15) is 9.59 Å². The van der Waals surface area contributed by atoms with Crippen LogP contribution in [-0.4, -0.2) is 23.5 Å². The van der Waals surface area contributed by atoms with Crippen molar-refractivity contribution in [2.45, 2.75) is 52.9 Å². The summed E-state index contributed by atoms with van der Waals surface area (Å²) in [6.45, 7) is 6.13. The van der Waals surface area contributed by atoms with E-state index in [0.717, 1.165) is 25.7 Å².